The fraction of sp³-hybridized carbons (Fsp3) is 0.412. The third-order valence-electron chi connectivity index (χ3n) is 3.92. The molecule has 1 aromatic carbocycles. The number of benzene rings is 1. The predicted molar refractivity (Wildman–Crippen MR) is 94.7 cm³/mol. The van der Waals surface area contributed by atoms with Gasteiger partial charge in [-0.2, -0.15) is 11.8 Å². The Balaban J connectivity index is 1.48. The molecule has 1 aliphatic heterocycles. The van der Waals surface area contributed by atoms with Crippen LogP contribution in [0.5, 0.6) is 0 Å². The maximum absolute atomic E-state index is 12.1. The van der Waals surface area contributed by atoms with Crippen molar-refractivity contribution in [1.29, 1.82) is 0 Å². The van der Waals surface area contributed by atoms with Crippen LogP contribution in [-0.2, 0) is 24.2 Å². The number of aryl methyl sites for hydroxylation is 2. The first kappa shape index (κ1) is 16.5. The molecule has 1 aromatic heterocycles. The highest BCUT2D eigenvalue weighted by atomic mass is 32.2. The van der Waals surface area contributed by atoms with Gasteiger partial charge in [0.25, 0.3) is 5.91 Å². The first-order valence-corrected chi connectivity index (χ1v) is 9.75. The lowest BCUT2D eigenvalue weighted by Gasteiger charge is -2.19. The number of nitrogens with one attached hydrogen (secondary N) is 1. The summed E-state index contributed by atoms with van der Waals surface area (Å²) in [6.07, 6.45) is 2.41. The number of hydrogen-bond acceptors (Lipinski definition) is 5. The number of aromatic nitrogens is 1. The van der Waals surface area contributed by atoms with Gasteiger partial charge >= 0.3 is 0 Å². The minimum atomic E-state index is -1.20. The Morgan fingerprint density at radius 1 is 1.30 bits per heavy atom. The van der Waals surface area contributed by atoms with Crippen molar-refractivity contribution in [2.75, 3.05) is 11.5 Å². The number of carbonyl (C=O) groups is 1. The molecule has 3 rings (SSSR count). The van der Waals surface area contributed by atoms with E-state index in [0.29, 0.717) is 18.7 Å². The van der Waals surface area contributed by atoms with Crippen LogP contribution < -0.4 is 5.32 Å². The van der Waals surface area contributed by atoms with Crippen molar-refractivity contribution in [3.05, 3.63) is 52.0 Å². The van der Waals surface area contributed by atoms with Crippen molar-refractivity contribution in [2.45, 2.75) is 31.4 Å². The van der Waals surface area contributed by atoms with Gasteiger partial charge in [-0.05, 0) is 24.2 Å². The zero-order valence-corrected chi connectivity index (χ0v) is 14.5. The van der Waals surface area contributed by atoms with Crippen LogP contribution in [0.2, 0.25) is 0 Å². The van der Waals surface area contributed by atoms with Crippen LogP contribution in [0.4, 0.5) is 0 Å². The number of hydrogen-bond donors (Lipinski definition) is 2. The van der Waals surface area contributed by atoms with E-state index in [1.165, 1.54) is 5.56 Å². The number of thiazole rings is 1. The molecule has 23 heavy (non-hydrogen) atoms. The molecule has 2 aromatic rings. The first-order chi connectivity index (χ1) is 11.2. The number of amides is 1. The van der Waals surface area contributed by atoms with Crippen molar-refractivity contribution >= 4 is 29.0 Å². The standard InChI is InChI=1S/C17H20N2O2S2/c20-16(17(21)8-9-22-12-17)18-10-14-11-23-15(19-14)7-6-13-4-2-1-3-5-13/h1-5,11,21H,6-10,12H2,(H,18,20). The predicted octanol–water partition coefficient (Wildman–Crippen LogP) is 2.41. The molecule has 2 heterocycles. The molecule has 0 saturated carbocycles. The molecule has 1 amide bonds. The summed E-state index contributed by atoms with van der Waals surface area (Å²) in [7, 11) is 0. The van der Waals surface area contributed by atoms with Gasteiger partial charge in [0.2, 0.25) is 0 Å². The summed E-state index contributed by atoms with van der Waals surface area (Å²) in [4.78, 5) is 16.6. The number of rotatable bonds is 6. The van der Waals surface area contributed by atoms with Gasteiger partial charge < -0.3 is 10.4 Å². The molecule has 122 valence electrons. The second-order valence-corrected chi connectivity index (χ2v) is 7.78. The third kappa shape index (κ3) is 4.34. The number of thioether (sulfide) groups is 1. The Labute approximate surface area is 144 Å². The van der Waals surface area contributed by atoms with E-state index in [1.807, 2.05) is 23.6 Å². The summed E-state index contributed by atoms with van der Waals surface area (Å²) >= 11 is 3.24. The summed E-state index contributed by atoms with van der Waals surface area (Å²) in [6.45, 7) is 0.383. The minimum absolute atomic E-state index is 0.277. The average molecular weight is 348 g/mol. The van der Waals surface area contributed by atoms with Gasteiger partial charge in [-0.1, -0.05) is 30.3 Å². The monoisotopic (exact) mass is 348 g/mol. The topological polar surface area (TPSA) is 62.2 Å². The SMILES string of the molecule is O=C(NCc1csc(CCc2ccccc2)n1)C1(O)CCSC1. The average Bonchev–Trinajstić information content (AvgIpc) is 3.21. The van der Waals surface area contributed by atoms with Crippen LogP contribution in [0.15, 0.2) is 35.7 Å². The Kier molecular flexibility index (Phi) is 5.35. The van der Waals surface area contributed by atoms with E-state index in [4.69, 9.17) is 0 Å². The highest BCUT2D eigenvalue weighted by Crippen LogP contribution is 2.27. The van der Waals surface area contributed by atoms with Crippen molar-refractivity contribution in [3.63, 3.8) is 0 Å². The summed E-state index contributed by atoms with van der Waals surface area (Å²) in [5.41, 5.74) is 0.968. The van der Waals surface area contributed by atoms with E-state index in [0.717, 1.165) is 29.3 Å². The molecule has 0 bridgehead atoms. The molecule has 1 aliphatic rings. The lowest BCUT2D eigenvalue weighted by atomic mass is 10.0. The summed E-state index contributed by atoms with van der Waals surface area (Å²) < 4.78 is 0. The van der Waals surface area contributed by atoms with Crippen molar-refractivity contribution < 1.29 is 9.90 Å². The van der Waals surface area contributed by atoms with E-state index in [-0.39, 0.29) is 5.91 Å². The van der Waals surface area contributed by atoms with E-state index in [1.54, 1.807) is 23.1 Å². The number of carbonyl (C=O) groups excluding carboxylic acids is 1. The van der Waals surface area contributed by atoms with Gasteiger partial charge in [0, 0.05) is 17.6 Å². The maximum atomic E-state index is 12.1. The summed E-state index contributed by atoms with van der Waals surface area (Å²) in [5.74, 6) is 1.05. The first-order valence-electron chi connectivity index (χ1n) is 7.71. The molecular weight excluding hydrogens is 328 g/mol. The lowest BCUT2D eigenvalue weighted by Crippen LogP contribution is -2.46. The van der Waals surface area contributed by atoms with Gasteiger partial charge in [0.1, 0.15) is 0 Å². The Hall–Kier alpha value is -1.37. The molecule has 1 unspecified atom stereocenters. The van der Waals surface area contributed by atoms with E-state index < -0.39 is 5.60 Å². The van der Waals surface area contributed by atoms with Gasteiger partial charge in [-0.15, -0.1) is 11.3 Å². The number of aliphatic hydroxyl groups is 1. The maximum Gasteiger partial charge on any atom is 0.253 e. The zero-order valence-electron chi connectivity index (χ0n) is 12.8. The molecule has 1 saturated heterocycles. The van der Waals surface area contributed by atoms with Gasteiger partial charge in [-0.25, -0.2) is 4.98 Å². The zero-order chi connectivity index (χ0) is 16.1. The van der Waals surface area contributed by atoms with Gasteiger partial charge in [0.15, 0.2) is 5.60 Å². The van der Waals surface area contributed by atoms with Gasteiger partial charge in [0.05, 0.1) is 17.2 Å². The van der Waals surface area contributed by atoms with Crippen LogP contribution in [0, 0.1) is 0 Å². The molecular formula is C17H20N2O2S2. The van der Waals surface area contributed by atoms with Crippen molar-refractivity contribution in [2.24, 2.45) is 0 Å². The molecule has 0 spiro atoms. The van der Waals surface area contributed by atoms with Crippen LogP contribution in [0.3, 0.4) is 0 Å². The third-order valence-corrected chi connectivity index (χ3v) is 6.06. The quantitative estimate of drug-likeness (QED) is 0.842. The Morgan fingerprint density at radius 2 is 2.13 bits per heavy atom. The van der Waals surface area contributed by atoms with Crippen LogP contribution in [0.25, 0.3) is 0 Å². The normalized spacial score (nSPS) is 20.6. The van der Waals surface area contributed by atoms with E-state index >= 15 is 0 Å². The fourth-order valence-corrected chi connectivity index (χ4v) is 4.55. The van der Waals surface area contributed by atoms with Crippen LogP contribution >= 0.6 is 23.1 Å². The molecule has 1 fully saturated rings. The summed E-state index contributed by atoms with van der Waals surface area (Å²) in [6, 6.07) is 10.4. The lowest BCUT2D eigenvalue weighted by molar-refractivity contribution is -0.137. The van der Waals surface area contributed by atoms with Gasteiger partial charge in [-0.3, -0.25) is 4.79 Å². The molecule has 1 atom stereocenters. The fourth-order valence-electron chi connectivity index (χ4n) is 2.51. The minimum Gasteiger partial charge on any atom is -0.379 e. The Bertz CT molecular complexity index is 652. The Morgan fingerprint density at radius 3 is 2.87 bits per heavy atom. The van der Waals surface area contributed by atoms with E-state index in [2.05, 4.69) is 22.4 Å². The van der Waals surface area contributed by atoms with Crippen molar-refractivity contribution in [3.8, 4) is 0 Å². The van der Waals surface area contributed by atoms with Crippen molar-refractivity contribution in [1.82, 2.24) is 10.3 Å². The van der Waals surface area contributed by atoms with Crippen LogP contribution in [-0.4, -0.2) is 33.1 Å². The molecule has 2 N–H and O–H groups in total. The second kappa shape index (κ2) is 7.47. The highest BCUT2D eigenvalue weighted by Gasteiger charge is 2.39. The van der Waals surface area contributed by atoms with E-state index in [9.17, 15) is 9.90 Å². The van der Waals surface area contributed by atoms with Crippen LogP contribution in [0.1, 0.15) is 22.7 Å². The molecule has 6 heteroatoms. The number of nitrogens with zero attached hydrogens (tertiary/aromatic N) is 1. The molecule has 0 aliphatic carbocycles. The highest BCUT2D eigenvalue weighted by molar-refractivity contribution is 7.99. The second-order valence-electron chi connectivity index (χ2n) is 5.74. The molecule has 0 radical (unpaired) electrons. The summed E-state index contributed by atoms with van der Waals surface area (Å²) in [5, 5.41) is 16.1. The smallest absolute Gasteiger partial charge is 0.253 e. The largest absolute Gasteiger partial charge is 0.379 e. The molecule has 4 nitrogen and oxygen atoms in total.